The zero-order valence-electron chi connectivity index (χ0n) is 27.1. The number of fused-ring (bicyclic) bond motifs is 1. The van der Waals surface area contributed by atoms with Gasteiger partial charge in [-0.1, -0.05) is 48.0 Å². The highest BCUT2D eigenvalue weighted by Gasteiger charge is 2.28. The lowest BCUT2D eigenvalue weighted by Gasteiger charge is -2.33. The second-order valence-corrected chi connectivity index (χ2v) is 12.2. The molecule has 0 aliphatic heterocycles. The van der Waals surface area contributed by atoms with Gasteiger partial charge in [0.05, 0.1) is 49.7 Å². The Balaban J connectivity index is 1.31. The molecule has 1 N–H and O–H groups in total. The molecule has 1 saturated carbocycles. The quantitative estimate of drug-likeness (QED) is 0.151. The predicted molar refractivity (Wildman–Crippen MR) is 182 cm³/mol. The van der Waals surface area contributed by atoms with Crippen molar-refractivity contribution in [2.24, 2.45) is 5.92 Å². The number of nitrogens with zero attached hydrogens (tertiary/aromatic N) is 5. The zero-order valence-corrected chi connectivity index (χ0v) is 27.9. The van der Waals surface area contributed by atoms with Gasteiger partial charge in [0.15, 0.2) is 12.1 Å². The number of carbonyl (C=O) groups is 2. The molecule has 0 amide bonds. The highest BCUT2D eigenvalue weighted by Crippen LogP contribution is 2.40. The van der Waals surface area contributed by atoms with Crippen molar-refractivity contribution in [3.05, 3.63) is 76.9 Å². The van der Waals surface area contributed by atoms with E-state index in [0.717, 1.165) is 46.0 Å². The summed E-state index contributed by atoms with van der Waals surface area (Å²) in [7, 11) is 6.59. The lowest BCUT2D eigenvalue weighted by molar-refractivity contribution is -0.143. The molecule has 3 heterocycles. The minimum absolute atomic E-state index is 0.137. The van der Waals surface area contributed by atoms with Crippen molar-refractivity contribution in [1.82, 2.24) is 24.6 Å². The van der Waals surface area contributed by atoms with E-state index in [4.69, 9.17) is 30.8 Å². The Morgan fingerprint density at radius 2 is 1.67 bits per heavy atom. The van der Waals surface area contributed by atoms with Crippen LogP contribution < -0.4 is 14.2 Å². The largest absolute Gasteiger partial charge is 0.496 e. The van der Waals surface area contributed by atoms with E-state index in [1.807, 2.05) is 48.5 Å². The molecule has 5 aromatic rings. The maximum atomic E-state index is 11.7. The molecule has 6 rings (SSSR count). The minimum atomic E-state index is -0.700. The van der Waals surface area contributed by atoms with Gasteiger partial charge in [-0.2, -0.15) is 10.1 Å². The zero-order chi connectivity index (χ0) is 33.9. The Morgan fingerprint density at radius 3 is 2.35 bits per heavy atom. The Hall–Kier alpha value is -5.00. The summed E-state index contributed by atoms with van der Waals surface area (Å²) < 4.78 is 18.2. The first-order chi connectivity index (χ1) is 23.3. The molecule has 0 saturated heterocycles. The molecule has 2 aromatic carbocycles. The Morgan fingerprint density at radius 1 is 0.958 bits per heavy atom. The molecular formula is C36H36ClN5O6. The average molecular weight is 670 g/mol. The average Bonchev–Trinajstić information content (AvgIpc) is 3.56. The molecule has 12 heteroatoms. The minimum Gasteiger partial charge on any atom is -0.496 e. The van der Waals surface area contributed by atoms with E-state index in [1.54, 1.807) is 24.1 Å². The highest BCUT2D eigenvalue weighted by atomic mass is 35.5. The van der Waals surface area contributed by atoms with E-state index in [2.05, 4.69) is 22.0 Å². The van der Waals surface area contributed by atoms with Crippen molar-refractivity contribution >= 4 is 34.8 Å². The molecule has 0 unspecified atom stereocenters. The van der Waals surface area contributed by atoms with Crippen LogP contribution in [0.1, 0.15) is 41.6 Å². The normalized spacial score (nSPS) is 16.2. The number of aliphatic carboxylic acids is 1. The van der Waals surface area contributed by atoms with Gasteiger partial charge in [0.1, 0.15) is 11.3 Å². The van der Waals surface area contributed by atoms with Crippen molar-refractivity contribution in [3.63, 3.8) is 0 Å². The number of hydrogen-bond acceptors (Lipinski definition) is 9. The summed E-state index contributed by atoms with van der Waals surface area (Å²) in [6.07, 6.45) is 5.48. The molecule has 0 atom stereocenters. The molecule has 48 heavy (non-hydrogen) atoms. The fourth-order valence-corrected chi connectivity index (χ4v) is 6.85. The van der Waals surface area contributed by atoms with E-state index in [0.29, 0.717) is 59.9 Å². The third-order valence-electron chi connectivity index (χ3n) is 9.12. The molecule has 0 radical (unpaired) electrons. The second-order valence-electron chi connectivity index (χ2n) is 11.8. The van der Waals surface area contributed by atoms with Gasteiger partial charge in [0, 0.05) is 40.7 Å². The molecule has 11 nitrogen and oxygen atoms in total. The lowest BCUT2D eigenvalue weighted by atomic mass is 9.85. The Kier molecular flexibility index (Phi) is 9.61. The van der Waals surface area contributed by atoms with Gasteiger partial charge in [-0.3, -0.25) is 14.5 Å². The van der Waals surface area contributed by atoms with Gasteiger partial charge in [-0.25, -0.2) is 9.67 Å². The number of hydrogen-bond donors (Lipinski definition) is 1. The van der Waals surface area contributed by atoms with Crippen molar-refractivity contribution in [2.45, 2.75) is 38.3 Å². The van der Waals surface area contributed by atoms with E-state index < -0.39 is 5.97 Å². The third-order valence-corrected chi connectivity index (χ3v) is 9.53. The summed E-state index contributed by atoms with van der Waals surface area (Å²) in [6, 6.07) is 17.6. The summed E-state index contributed by atoms with van der Waals surface area (Å²) in [5.41, 5.74) is 5.04. The van der Waals surface area contributed by atoms with Crippen LogP contribution >= 0.6 is 11.6 Å². The first kappa shape index (κ1) is 32.9. The smallest absolute Gasteiger partial charge is 0.306 e. The molecule has 0 bridgehead atoms. The summed E-state index contributed by atoms with van der Waals surface area (Å²) >= 11 is 7.13. The number of rotatable bonds is 11. The number of ether oxygens (including phenoxy) is 3. The molecule has 0 spiro atoms. The number of methoxy groups -OCH3 is 3. The fourth-order valence-electron chi connectivity index (χ4n) is 6.52. The Labute approximate surface area is 283 Å². The lowest BCUT2D eigenvalue weighted by Crippen LogP contribution is -2.36. The standard InChI is InChI=1S/C36H36ClN5O6/c1-41(23-14-11-21(12-15-23)36(44)45)19-22-13-16-29(39-34(22)47-3)26-9-5-8-25(33(26)37)24-7-6-10-30-27(24)18-38-42(30)32-17-31(46-2)28(20-43)35(40-32)48-4/h5-10,13,16-18,20-21,23H,11-12,14-15,19H2,1-4H3,(H,44,45). The number of aldehydes is 1. The number of carboxylic acid groups (broad SMARTS) is 1. The van der Waals surface area contributed by atoms with E-state index >= 15 is 0 Å². The fraction of sp³-hybridized carbons (Fsp3) is 0.306. The summed E-state index contributed by atoms with van der Waals surface area (Å²) in [5.74, 6) is 0.456. The SMILES string of the molecule is COc1cc(-n2ncc3c(-c4cccc(-c5ccc(CN(C)C6CCC(C(=O)O)CC6)c(OC)n5)c4Cl)cccc32)nc(OC)c1C=O. The van der Waals surface area contributed by atoms with Crippen LogP contribution in [-0.4, -0.2) is 76.4 Å². The van der Waals surface area contributed by atoms with Crippen LogP contribution in [-0.2, 0) is 11.3 Å². The highest BCUT2D eigenvalue weighted by molar-refractivity contribution is 6.36. The monoisotopic (exact) mass is 669 g/mol. The first-order valence-corrected chi connectivity index (χ1v) is 16.0. The summed E-state index contributed by atoms with van der Waals surface area (Å²) in [5, 5.41) is 15.4. The number of carbonyl (C=O) groups excluding carboxylic acids is 1. The topological polar surface area (TPSA) is 129 Å². The molecule has 1 aliphatic rings. The first-order valence-electron chi connectivity index (χ1n) is 15.6. The van der Waals surface area contributed by atoms with Crippen LogP contribution in [0, 0.1) is 5.92 Å². The van der Waals surface area contributed by atoms with Crippen molar-refractivity contribution in [2.75, 3.05) is 28.4 Å². The van der Waals surface area contributed by atoms with Gasteiger partial charge in [0.25, 0.3) is 0 Å². The van der Waals surface area contributed by atoms with Crippen LogP contribution in [0.15, 0.2) is 60.8 Å². The van der Waals surface area contributed by atoms with E-state index in [9.17, 15) is 14.7 Å². The van der Waals surface area contributed by atoms with Crippen LogP contribution in [0.25, 0.3) is 39.1 Å². The van der Waals surface area contributed by atoms with Gasteiger partial charge >= 0.3 is 5.97 Å². The van der Waals surface area contributed by atoms with Crippen LogP contribution in [0.5, 0.6) is 17.5 Å². The van der Waals surface area contributed by atoms with E-state index in [1.165, 1.54) is 14.2 Å². The van der Waals surface area contributed by atoms with Gasteiger partial charge in [-0.15, -0.1) is 0 Å². The maximum absolute atomic E-state index is 11.7. The van der Waals surface area contributed by atoms with Crippen LogP contribution in [0.2, 0.25) is 5.02 Å². The van der Waals surface area contributed by atoms with Crippen LogP contribution in [0.4, 0.5) is 0 Å². The van der Waals surface area contributed by atoms with Crippen molar-refractivity contribution in [1.29, 1.82) is 0 Å². The second kappa shape index (κ2) is 14.0. The maximum Gasteiger partial charge on any atom is 0.306 e. The van der Waals surface area contributed by atoms with Gasteiger partial charge in [0.2, 0.25) is 11.8 Å². The van der Waals surface area contributed by atoms with Crippen LogP contribution in [0.3, 0.4) is 0 Å². The summed E-state index contributed by atoms with van der Waals surface area (Å²) in [6.45, 7) is 0.628. The van der Waals surface area contributed by atoms with Gasteiger partial charge < -0.3 is 19.3 Å². The number of halogens is 1. The summed E-state index contributed by atoms with van der Waals surface area (Å²) in [4.78, 5) is 34.7. The molecular weight excluding hydrogens is 634 g/mol. The van der Waals surface area contributed by atoms with Crippen molar-refractivity contribution < 1.29 is 28.9 Å². The molecule has 1 fully saturated rings. The predicted octanol–water partition coefficient (Wildman–Crippen LogP) is 6.72. The molecule has 3 aromatic heterocycles. The number of carboxylic acids is 1. The van der Waals surface area contributed by atoms with Gasteiger partial charge in [-0.05, 0) is 50.4 Å². The molecule has 248 valence electrons. The van der Waals surface area contributed by atoms with Crippen molar-refractivity contribution in [3.8, 4) is 45.7 Å². The Bertz CT molecular complexity index is 1960. The van der Waals surface area contributed by atoms with E-state index in [-0.39, 0.29) is 17.4 Å². The number of benzene rings is 2. The molecule has 1 aliphatic carbocycles. The third kappa shape index (κ3) is 6.18. The number of aromatic nitrogens is 4. The number of pyridine rings is 2.